The number of rotatable bonds is 8. The zero-order valence-corrected chi connectivity index (χ0v) is 36.2. The summed E-state index contributed by atoms with van der Waals surface area (Å²) < 4.78 is 0. The molecule has 0 aromatic heterocycles. The Balaban J connectivity index is 1.47. The molecule has 0 radical (unpaired) electrons. The Labute approximate surface area is 345 Å². The number of phenolic OH excluding ortho intramolecular Hbond substituents is 2. The highest BCUT2D eigenvalue weighted by Gasteiger charge is 2.29. The molecule has 0 saturated heterocycles. The second-order valence-electron chi connectivity index (χ2n) is 18.9. The maximum absolute atomic E-state index is 11.4. The fourth-order valence-electron chi connectivity index (χ4n) is 6.43. The Kier molecular flexibility index (Phi) is 12.8. The first kappa shape index (κ1) is 43.1. The number of aromatic hydroxyl groups is 2. The number of phenols is 2. The number of hydrogen-bond donors (Lipinski definition) is 4. The van der Waals surface area contributed by atoms with Gasteiger partial charge in [0.1, 0.15) is 11.5 Å². The Morgan fingerprint density at radius 2 is 0.707 bits per heavy atom. The van der Waals surface area contributed by atoms with E-state index in [0.29, 0.717) is 23.2 Å². The Morgan fingerprint density at radius 3 is 0.966 bits per heavy atom. The fraction of sp³-hybridized carbons (Fsp3) is 0.320. The number of para-hydroxylation sites is 2. The van der Waals surface area contributed by atoms with Crippen molar-refractivity contribution in [3.63, 3.8) is 0 Å². The number of hydrogen-bond acceptors (Lipinski definition) is 6. The molecule has 0 spiro atoms. The van der Waals surface area contributed by atoms with Crippen LogP contribution in [0.4, 0.5) is 11.4 Å². The molecule has 5 aromatic carbocycles. The number of benzene rings is 5. The SMILES string of the molecule is CC(C)(C)c1cc(/C(=N/N=C/c2ccc(/C=N/N=C(\Nc3ccccc3)c3cc(C(C)(C)C)c(O)c(C(C)(C)C)c3)cc2)Nc2ccccc2)cc(C(C)(C)C)c1O. The number of nitrogens with one attached hydrogen (secondary N) is 2. The Hall–Kier alpha value is -6.02. The molecule has 4 N–H and O–H groups in total. The minimum absolute atomic E-state index is 0.297. The highest BCUT2D eigenvalue weighted by atomic mass is 16.3. The molecule has 58 heavy (non-hydrogen) atoms. The molecule has 0 saturated carbocycles. The highest BCUT2D eigenvalue weighted by molar-refractivity contribution is 6.09. The maximum atomic E-state index is 11.4. The van der Waals surface area contributed by atoms with E-state index in [4.69, 9.17) is 0 Å². The first-order chi connectivity index (χ1) is 27.1. The van der Waals surface area contributed by atoms with Gasteiger partial charge in [0.15, 0.2) is 11.7 Å². The van der Waals surface area contributed by atoms with Crippen LogP contribution in [0.3, 0.4) is 0 Å². The number of nitrogens with zero attached hydrogens (tertiary/aromatic N) is 4. The highest BCUT2D eigenvalue weighted by Crippen LogP contribution is 2.41. The summed E-state index contributed by atoms with van der Waals surface area (Å²) in [6.45, 7) is 25.2. The van der Waals surface area contributed by atoms with E-state index in [-0.39, 0.29) is 21.7 Å². The summed E-state index contributed by atoms with van der Waals surface area (Å²) in [6, 6.07) is 35.6. The van der Waals surface area contributed by atoms with Crippen LogP contribution in [0.5, 0.6) is 11.5 Å². The van der Waals surface area contributed by atoms with Gasteiger partial charge in [-0.2, -0.15) is 10.2 Å². The summed E-state index contributed by atoms with van der Waals surface area (Å²) in [5.41, 5.74) is 7.34. The van der Waals surface area contributed by atoms with Crippen LogP contribution >= 0.6 is 0 Å². The average Bonchev–Trinajstić information content (AvgIpc) is 3.14. The molecule has 0 unspecified atom stereocenters. The zero-order chi connectivity index (χ0) is 42.5. The Bertz CT molecular complexity index is 2080. The van der Waals surface area contributed by atoms with Crippen molar-refractivity contribution in [2.75, 3.05) is 10.6 Å². The van der Waals surface area contributed by atoms with Crippen LogP contribution in [0.2, 0.25) is 0 Å². The summed E-state index contributed by atoms with van der Waals surface area (Å²) in [4.78, 5) is 0. The molecular weight excluding hydrogens is 717 g/mol. The van der Waals surface area contributed by atoms with Gasteiger partial charge < -0.3 is 20.8 Å². The molecular formula is C50H60N6O2. The van der Waals surface area contributed by atoms with Crippen LogP contribution in [0, 0.1) is 0 Å². The van der Waals surface area contributed by atoms with E-state index in [2.05, 4.69) is 114 Å². The first-order valence-electron chi connectivity index (χ1n) is 19.8. The summed E-state index contributed by atoms with van der Waals surface area (Å²) in [5.74, 6) is 1.76. The van der Waals surface area contributed by atoms with E-state index in [1.54, 1.807) is 12.4 Å². The second kappa shape index (κ2) is 17.2. The average molecular weight is 777 g/mol. The second-order valence-corrected chi connectivity index (χ2v) is 18.9. The molecule has 0 amide bonds. The summed E-state index contributed by atoms with van der Waals surface area (Å²) in [5, 5.41) is 48.1. The zero-order valence-electron chi connectivity index (χ0n) is 36.2. The first-order valence-corrected chi connectivity index (χ1v) is 19.8. The minimum atomic E-state index is -0.297. The van der Waals surface area contributed by atoms with E-state index in [1.165, 1.54) is 0 Å². The van der Waals surface area contributed by atoms with Crippen LogP contribution in [-0.2, 0) is 21.7 Å². The van der Waals surface area contributed by atoms with Gasteiger partial charge >= 0.3 is 0 Å². The lowest BCUT2D eigenvalue weighted by Gasteiger charge is -2.28. The largest absolute Gasteiger partial charge is 0.507 e. The lowest BCUT2D eigenvalue weighted by molar-refractivity contribution is 0.422. The molecule has 8 heteroatoms. The Morgan fingerprint density at radius 1 is 0.431 bits per heavy atom. The molecule has 8 nitrogen and oxygen atoms in total. The summed E-state index contributed by atoms with van der Waals surface area (Å²) >= 11 is 0. The van der Waals surface area contributed by atoms with Gasteiger partial charge in [-0.1, -0.05) is 144 Å². The van der Waals surface area contributed by atoms with Crippen LogP contribution < -0.4 is 10.6 Å². The smallest absolute Gasteiger partial charge is 0.160 e. The van der Waals surface area contributed by atoms with Gasteiger partial charge in [-0.05, 0) is 81.3 Å². The van der Waals surface area contributed by atoms with Crippen molar-refractivity contribution in [3.8, 4) is 11.5 Å². The van der Waals surface area contributed by atoms with Crippen LogP contribution in [0.1, 0.15) is 128 Å². The molecule has 0 bridgehead atoms. The standard InChI is InChI=1S/C50H60N6O2/c1-47(2,3)39-27-35(28-40(43(39)57)48(4,5)6)45(53-37-19-15-13-16-20-37)55-51-31-33-23-25-34(26-24-33)32-52-56-46(54-38-21-17-14-18-22-38)36-29-41(49(7,8)9)44(58)42(30-36)50(10,11)12/h13-32,57-58H,1-12H3,(H,53,55)(H,54,56)/b51-31+,52-32+. The quantitative estimate of drug-likeness (QED) is 0.0713. The third kappa shape index (κ3) is 11.1. The van der Waals surface area contributed by atoms with Crippen molar-refractivity contribution >= 4 is 35.5 Å². The van der Waals surface area contributed by atoms with Gasteiger partial charge in [0.05, 0.1) is 12.4 Å². The van der Waals surface area contributed by atoms with Gasteiger partial charge in [-0.3, -0.25) is 0 Å². The molecule has 0 aliphatic heterocycles. The van der Waals surface area contributed by atoms with Gasteiger partial charge in [0.25, 0.3) is 0 Å². The van der Waals surface area contributed by atoms with E-state index >= 15 is 0 Å². The monoisotopic (exact) mass is 776 g/mol. The van der Waals surface area contributed by atoms with E-state index in [9.17, 15) is 10.2 Å². The molecule has 0 heterocycles. The summed E-state index contributed by atoms with van der Waals surface area (Å²) in [6.07, 6.45) is 3.43. The van der Waals surface area contributed by atoms with Gasteiger partial charge in [0, 0.05) is 44.8 Å². The van der Waals surface area contributed by atoms with E-state index in [1.807, 2.05) is 109 Å². The molecule has 0 aliphatic rings. The van der Waals surface area contributed by atoms with E-state index in [0.717, 1.165) is 55.9 Å². The molecule has 0 atom stereocenters. The van der Waals surface area contributed by atoms with Crippen molar-refractivity contribution in [1.29, 1.82) is 0 Å². The van der Waals surface area contributed by atoms with Crippen LogP contribution in [-0.4, -0.2) is 34.3 Å². The molecule has 0 aliphatic carbocycles. The van der Waals surface area contributed by atoms with Gasteiger partial charge in [-0.15, -0.1) is 10.2 Å². The lowest BCUT2D eigenvalue weighted by Crippen LogP contribution is -2.21. The maximum Gasteiger partial charge on any atom is 0.160 e. The minimum Gasteiger partial charge on any atom is -0.507 e. The lowest BCUT2D eigenvalue weighted by atomic mass is 9.78. The number of amidine groups is 2. The van der Waals surface area contributed by atoms with E-state index < -0.39 is 0 Å². The van der Waals surface area contributed by atoms with Crippen molar-refractivity contribution < 1.29 is 10.2 Å². The normalized spacial score (nSPS) is 13.4. The predicted molar refractivity (Wildman–Crippen MR) is 246 cm³/mol. The van der Waals surface area contributed by atoms with Crippen molar-refractivity contribution in [1.82, 2.24) is 0 Å². The number of anilines is 2. The van der Waals surface area contributed by atoms with Crippen LogP contribution in [0.15, 0.2) is 130 Å². The van der Waals surface area contributed by atoms with Crippen molar-refractivity contribution in [3.05, 3.63) is 154 Å². The molecule has 5 rings (SSSR count). The summed E-state index contributed by atoms with van der Waals surface area (Å²) in [7, 11) is 0. The topological polar surface area (TPSA) is 114 Å². The fourth-order valence-corrected chi connectivity index (χ4v) is 6.43. The van der Waals surface area contributed by atoms with Crippen molar-refractivity contribution in [2.24, 2.45) is 20.4 Å². The van der Waals surface area contributed by atoms with Crippen molar-refractivity contribution in [2.45, 2.75) is 105 Å². The molecule has 5 aromatic rings. The predicted octanol–water partition coefficient (Wildman–Crippen LogP) is 12.1. The van der Waals surface area contributed by atoms with Crippen LogP contribution in [0.25, 0.3) is 0 Å². The molecule has 0 fully saturated rings. The third-order valence-electron chi connectivity index (χ3n) is 9.74. The molecule has 302 valence electrons. The van der Waals surface area contributed by atoms with Gasteiger partial charge in [-0.25, -0.2) is 0 Å². The third-order valence-corrected chi connectivity index (χ3v) is 9.74. The van der Waals surface area contributed by atoms with Gasteiger partial charge in [0.2, 0.25) is 0 Å².